The number of aryl methyl sites for hydroxylation is 1. The Kier molecular flexibility index (Phi) is 6.84. The average Bonchev–Trinajstić information content (AvgIpc) is 3.24. The molecule has 0 radical (unpaired) electrons. The summed E-state index contributed by atoms with van der Waals surface area (Å²) in [6.07, 6.45) is 1.35. The molecule has 0 aliphatic carbocycles. The van der Waals surface area contributed by atoms with E-state index >= 15 is 0 Å². The van der Waals surface area contributed by atoms with Gasteiger partial charge in [-0.2, -0.15) is 0 Å². The van der Waals surface area contributed by atoms with Gasteiger partial charge in [0.15, 0.2) is 11.4 Å². The van der Waals surface area contributed by atoms with Crippen molar-refractivity contribution in [3.63, 3.8) is 0 Å². The number of para-hydroxylation sites is 1. The zero-order valence-electron chi connectivity index (χ0n) is 22.1. The number of amides is 2. The molecule has 2 aromatic carbocycles. The van der Waals surface area contributed by atoms with Crippen molar-refractivity contribution in [1.29, 1.82) is 0 Å². The second-order valence-corrected chi connectivity index (χ2v) is 9.67. The van der Waals surface area contributed by atoms with Gasteiger partial charge in [-0.05, 0) is 36.6 Å². The minimum atomic E-state index is -0.299. The highest BCUT2D eigenvalue weighted by Gasteiger charge is 2.29. The predicted octanol–water partition coefficient (Wildman–Crippen LogP) is 3.30. The summed E-state index contributed by atoms with van der Waals surface area (Å²) < 4.78 is 14.5. The number of methoxy groups -OCH3 is 2. The van der Waals surface area contributed by atoms with Gasteiger partial charge in [-0.25, -0.2) is 0 Å². The summed E-state index contributed by atoms with van der Waals surface area (Å²) in [7, 11) is 4.89. The van der Waals surface area contributed by atoms with Crippen molar-refractivity contribution in [1.82, 2.24) is 19.4 Å². The van der Waals surface area contributed by atoms with Crippen LogP contribution >= 0.6 is 0 Å². The van der Waals surface area contributed by atoms with E-state index in [1.807, 2.05) is 48.5 Å². The molecule has 0 saturated carbocycles. The fourth-order valence-electron chi connectivity index (χ4n) is 5.44. The molecule has 5 rings (SSSR count). The summed E-state index contributed by atoms with van der Waals surface area (Å²) in [4.78, 5) is 41.0. The third kappa shape index (κ3) is 4.38. The Morgan fingerprint density at radius 2 is 1.68 bits per heavy atom. The molecule has 0 unspecified atom stereocenters. The van der Waals surface area contributed by atoms with Crippen molar-refractivity contribution in [2.24, 2.45) is 7.05 Å². The van der Waals surface area contributed by atoms with Crippen molar-refractivity contribution in [3.05, 3.63) is 70.1 Å². The lowest BCUT2D eigenvalue weighted by Crippen LogP contribution is -2.46. The first-order valence-corrected chi connectivity index (χ1v) is 12.7. The van der Waals surface area contributed by atoms with E-state index in [1.54, 1.807) is 35.1 Å². The van der Waals surface area contributed by atoms with E-state index in [0.29, 0.717) is 49.1 Å². The minimum absolute atomic E-state index is 0.0444. The van der Waals surface area contributed by atoms with Gasteiger partial charge in [0.1, 0.15) is 11.1 Å². The van der Waals surface area contributed by atoms with E-state index in [9.17, 15) is 14.4 Å². The second-order valence-electron chi connectivity index (χ2n) is 9.67. The minimum Gasteiger partial charge on any atom is -0.497 e. The molecule has 2 aromatic heterocycles. The molecule has 4 aromatic rings. The first-order valence-electron chi connectivity index (χ1n) is 12.7. The summed E-state index contributed by atoms with van der Waals surface area (Å²) in [5.41, 5.74) is 2.46. The first-order chi connectivity index (χ1) is 18.3. The van der Waals surface area contributed by atoms with Crippen LogP contribution in [0.1, 0.15) is 35.8 Å². The quantitative estimate of drug-likeness (QED) is 0.424. The molecule has 38 heavy (non-hydrogen) atoms. The van der Waals surface area contributed by atoms with Gasteiger partial charge in [0.2, 0.25) is 5.91 Å². The van der Waals surface area contributed by atoms with Crippen LogP contribution in [0.5, 0.6) is 11.5 Å². The van der Waals surface area contributed by atoms with E-state index in [1.165, 1.54) is 7.11 Å². The lowest BCUT2D eigenvalue weighted by atomic mass is 10.0. The summed E-state index contributed by atoms with van der Waals surface area (Å²) in [5.74, 6) is 0.754. The molecule has 1 saturated heterocycles. The Balaban J connectivity index is 1.59. The highest BCUT2D eigenvalue weighted by atomic mass is 16.5. The van der Waals surface area contributed by atoms with Gasteiger partial charge in [0, 0.05) is 38.5 Å². The van der Waals surface area contributed by atoms with Crippen molar-refractivity contribution >= 4 is 33.6 Å². The number of fused-ring (bicyclic) bond motifs is 3. The van der Waals surface area contributed by atoms with Crippen LogP contribution in [0.25, 0.3) is 21.8 Å². The number of piperidine rings is 1. The molecule has 198 valence electrons. The molecule has 0 atom stereocenters. The zero-order valence-corrected chi connectivity index (χ0v) is 22.1. The third-order valence-electron chi connectivity index (χ3n) is 7.45. The maximum atomic E-state index is 14.0. The molecule has 0 spiro atoms. The Morgan fingerprint density at radius 1 is 1.00 bits per heavy atom. The number of benzene rings is 2. The average molecular weight is 517 g/mol. The molecule has 1 fully saturated rings. The van der Waals surface area contributed by atoms with Crippen LogP contribution in [0.4, 0.5) is 0 Å². The lowest BCUT2D eigenvalue weighted by Gasteiger charge is -2.31. The highest BCUT2D eigenvalue weighted by molar-refractivity contribution is 6.12. The number of carbonyl (C=O) groups excluding carboxylic acids is 2. The smallest absolute Gasteiger partial charge is 0.272 e. The van der Waals surface area contributed by atoms with Crippen molar-refractivity contribution in [2.45, 2.75) is 32.4 Å². The normalized spacial score (nSPS) is 14.2. The van der Waals surface area contributed by atoms with Crippen LogP contribution in [0.2, 0.25) is 0 Å². The highest BCUT2D eigenvalue weighted by Crippen LogP contribution is 2.35. The predicted molar refractivity (Wildman–Crippen MR) is 146 cm³/mol. The van der Waals surface area contributed by atoms with Gasteiger partial charge >= 0.3 is 0 Å². The number of rotatable bonds is 6. The first kappa shape index (κ1) is 25.4. The number of hydrogen-bond acceptors (Lipinski definition) is 5. The number of ether oxygens (including phenoxy) is 2. The number of carbonyl (C=O) groups is 2. The maximum Gasteiger partial charge on any atom is 0.272 e. The number of nitrogens with zero attached hydrogens (tertiary/aromatic N) is 3. The molecular weight excluding hydrogens is 484 g/mol. The summed E-state index contributed by atoms with van der Waals surface area (Å²) in [5, 5.41) is 4.33. The van der Waals surface area contributed by atoms with Gasteiger partial charge in [0.05, 0.1) is 31.8 Å². The second kappa shape index (κ2) is 10.2. The van der Waals surface area contributed by atoms with Crippen LogP contribution < -0.4 is 20.3 Å². The molecular formula is C29H32N4O5. The van der Waals surface area contributed by atoms with Gasteiger partial charge in [-0.1, -0.05) is 30.3 Å². The Morgan fingerprint density at radius 3 is 2.32 bits per heavy atom. The lowest BCUT2D eigenvalue weighted by molar-refractivity contribution is -0.129. The number of aromatic nitrogens is 2. The fourth-order valence-corrected chi connectivity index (χ4v) is 5.44. The molecule has 1 aliphatic heterocycles. The molecule has 1 N–H and O–H groups in total. The van der Waals surface area contributed by atoms with Crippen LogP contribution in [0, 0.1) is 0 Å². The van der Waals surface area contributed by atoms with Crippen LogP contribution in [-0.2, 0) is 18.4 Å². The largest absolute Gasteiger partial charge is 0.497 e. The van der Waals surface area contributed by atoms with Gasteiger partial charge in [-0.3, -0.25) is 14.4 Å². The fraction of sp³-hybridized carbons (Fsp3) is 0.345. The molecule has 0 bridgehead atoms. The molecule has 2 amide bonds. The van der Waals surface area contributed by atoms with Gasteiger partial charge < -0.3 is 28.8 Å². The molecule has 9 nitrogen and oxygen atoms in total. The maximum absolute atomic E-state index is 14.0. The Hall–Kier alpha value is -4.27. The number of nitrogens with one attached hydrogen (secondary N) is 1. The summed E-state index contributed by atoms with van der Waals surface area (Å²) >= 11 is 0. The zero-order chi connectivity index (χ0) is 27.0. The topological polar surface area (TPSA) is 94.8 Å². The van der Waals surface area contributed by atoms with E-state index in [-0.39, 0.29) is 29.2 Å². The van der Waals surface area contributed by atoms with Crippen LogP contribution in [0.3, 0.4) is 0 Å². The van der Waals surface area contributed by atoms with E-state index in [2.05, 4.69) is 5.32 Å². The molecule has 1 aliphatic rings. The van der Waals surface area contributed by atoms with Crippen LogP contribution in [0.15, 0.2) is 53.3 Å². The van der Waals surface area contributed by atoms with Crippen molar-refractivity contribution in [2.75, 3.05) is 27.3 Å². The van der Waals surface area contributed by atoms with Crippen molar-refractivity contribution < 1.29 is 19.1 Å². The number of hydrogen-bond donors (Lipinski definition) is 1. The SMILES string of the molecule is COc1ccc(Cn2c(=O)c3c(OC)c(C(=O)NC4CCN(C(C)=O)CC4)n(C)c3c3ccccc32)cc1. The van der Waals surface area contributed by atoms with Gasteiger partial charge in [0.25, 0.3) is 11.5 Å². The van der Waals surface area contributed by atoms with E-state index < -0.39 is 0 Å². The summed E-state index contributed by atoms with van der Waals surface area (Å²) in [6, 6.07) is 15.2. The van der Waals surface area contributed by atoms with Crippen molar-refractivity contribution in [3.8, 4) is 11.5 Å². The Labute approximate surface area is 220 Å². The van der Waals surface area contributed by atoms with Gasteiger partial charge in [-0.15, -0.1) is 0 Å². The monoisotopic (exact) mass is 516 g/mol. The molecule has 9 heteroatoms. The standard InChI is InChI=1S/C29H32N4O5/c1-18(34)32-15-13-20(14-16-32)30-28(35)26-27(38-4)24-25(31(26)2)22-7-5-6-8-23(22)33(29(24)36)17-19-9-11-21(37-3)12-10-19/h5-12,20H,13-17H2,1-4H3,(H,30,35). The molecule has 3 heterocycles. The number of pyridine rings is 1. The Bertz CT molecular complexity index is 1580. The number of likely N-dealkylation sites (tertiary alicyclic amines) is 1. The van der Waals surface area contributed by atoms with Crippen LogP contribution in [-0.4, -0.2) is 59.2 Å². The van der Waals surface area contributed by atoms with E-state index in [4.69, 9.17) is 9.47 Å². The summed E-state index contributed by atoms with van der Waals surface area (Å²) in [6.45, 7) is 3.12. The third-order valence-corrected chi connectivity index (χ3v) is 7.45. The van der Waals surface area contributed by atoms with E-state index in [0.717, 1.165) is 22.2 Å².